The third-order valence-electron chi connectivity index (χ3n) is 4.99. The predicted octanol–water partition coefficient (Wildman–Crippen LogP) is 4.53. The van der Waals surface area contributed by atoms with Gasteiger partial charge in [0.2, 0.25) is 11.7 Å². The van der Waals surface area contributed by atoms with Crippen LogP contribution in [0.25, 0.3) is 11.4 Å². The summed E-state index contributed by atoms with van der Waals surface area (Å²) < 4.78 is 11.6. The molecule has 1 amide bonds. The summed E-state index contributed by atoms with van der Waals surface area (Å²) >= 11 is 3.42. The lowest BCUT2D eigenvalue weighted by Crippen LogP contribution is -2.38. The Morgan fingerprint density at radius 3 is 2.61 bits per heavy atom. The first-order chi connectivity index (χ1) is 13.6. The van der Waals surface area contributed by atoms with Crippen LogP contribution in [-0.2, 0) is 0 Å². The molecule has 3 aromatic rings. The number of likely N-dealkylation sites (tertiary alicyclic amines) is 1. The number of ether oxygens (including phenoxy) is 1. The fraction of sp³-hybridized carbons (Fsp3) is 0.286. The van der Waals surface area contributed by atoms with E-state index in [0.29, 0.717) is 30.4 Å². The molecule has 6 nitrogen and oxygen atoms in total. The Balaban J connectivity index is 1.40. The minimum absolute atomic E-state index is 0.0594. The number of hydrogen-bond donors (Lipinski definition) is 0. The van der Waals surface area contributed by atoms with Crippen LogP contribution in [0, 0.1) is 0 Å². The zero-order valence-electron chi connectivity index (χ0n) is 15.5. The summed E-state index contributed by atoms with van der Waals surface area (Å²) in [6.07, 6.45) is 1.62. The van der Waals surface area contributed by atoms with Crippen LogP contribution in [0.15, 0.2) is 57.5 Å². The van der Waals surface area contributed by atoms with Crippen LogP contribution in [0.5, 0.6) is 5.75 Å². The quantitative estimate of drug-likeness (QED) is 0.594. The zero-order valence-corrected chi connectivity index (χ0v) is 17.1. The van der Waals surface area contributed by atoms with Crippen molar-refractivity contribution in [2.75, 3.05) is 20.2 Å². The summed E-state index contributed by atoms with van der Waals surface area (Å²) in [5.41, 5.74) is 1.59. The van der Waals surface area contributed by atoms with Gasteiger partial charge in [-0.15, -0.1) is 0 Å². The van der Waals surface area contributed by atoms with E-state index in [1.807, 2.05) is 53.4 Å². The van der Waals surface area contributed by atoms with Crippen LogP contribution in [-0.4, -0.2) is 41.1 Å². The molecular formula is C21H20BrN3O3. The van der Waals surface area contributed by atoms with E-state index in [1.165, 1.54) is 0 Å². The minimum atomic E-state index is 0.0594. The molecule has 1 aromatic heterocycles. The van der Waals surface area contributed by atoms with Gasteiger partial charge < -0.3 is 14.2 Å². The van der Waals surface area contributed by atoms with Crippen LogP contribution < -0.4 is 4.74 Å². The first-order valence-corrected chi connectivity index (χ1v) is 9.96. The number of methoxy groups -OCH3 is 1. The van der Waals surface area contributed by atoms with Gasteiger partial charge in [0.15, 0.2) is 0 Å². The maximum absolute atomic E-state index is 12.7. The molecule has 1 saturated heterocycles. The van der Waals surface area contributed by atoms with Crippen LogP contribution in [0.1, 0.15) is 35.0 Å². The van der Waals surface area contributed by atoms with E-state index in [0.717, 1.165) is 28.6 Å². The monoisotopic (exact) mass is 441 g/mol. The number of hydrogen-bond acceptors (Lipinski definition) is 5. The van der Waals surface area contributed by atoms with Gasteiger partial charge >= 0.3 is 0 Å². The van der Waals surface area contributed by atoms with Crippen molar-refractivity contribution in [3.05, 3.63) is 64.5 Å². The predicted molar refractivity (Wildman–Crippen MR) is 108 cm³/mol. The Hall–Kier alpha value is -2.67. The average molecular weight is 442 g/mol. The number of carbonyl (C=O) groups excluding carboxylic acids is 1. The van der Waals surface area contributed by atoms with Gasteiger partial charge in [-0.1, -0.05) is 27.2 Å². The molecule has 28 heavy (non-hydrogen) atoms. The number of aromatic nitrogens is 2. The van der Waals surface area contributed by atoms with Gasteiger partial charge in [0.1, 0.15) is 5.75 Å². The van der Waals surface area contributed by atoms with E-state index in [9.17, 15) is 4.79 Å². The summed E-state index contributed by atoms with van der Waals surface area (Å²) in [7, 11) is 1.63. The van der Waals surface area contributed by atoms with E-state index in [4.69, 9.17) is 9.26 Å². The number of halogens is 1. The van der Waals surface area contributed by atoms with Crippen molar-refractivity contribution in [2.24, 2.45) is 0 Å². The lowest BCUT2D eigenvalue weighted by atomic mass is 9.96. The smallest absolute Gasteiger partial charge is 0.253 e. The zero-order chi connectivity index (χ0) is 19.5. The normalized spacial score (nSPS) is 14.9. The highest BCUT2D eigenvalue weighted by atomic mass is 79.9. The highest BCUT2D eigenvalue weighted by molar-refractivity contribution is 9.10. The first kappa shape index (κ1) is 18.7. The summed E-state index contributed by atoms with van der Waals surface area (Å²) in [6.45, 7) is 1.35. The third-order valence-corrected chi connectivity index (χ3v) is 5.49. The van der Waals surface area contributed by atoms with Crippen molar-refractivity contribution >= 4 is 21.8 Å². The van der Waals surface area contributed by atoms with Gasteiger partial charge in [-0.05, 0) is 55.3 Å². The molecule has 2 heterocycles. The van der Waals surface area contributed by atoms with Gasteiger partial charge in [-0.2, -0.15) is 4.98 Å². The Morgan fingerprint density at radius 1 is 1.18 bits per heavy atom. The number of amides is 1. The van der Waals surface area contributed by atoms with Crippen LogP contribution in [0.4, 0.5) is 0 Å². The SMILES string of the molecule is COc1ccc(-c2noc(C3CCN(C(=O)c4cccc(Br)c4)CC3)n2)cc1. The topological polar surface area (TPSA) is 68.5 Å². The molecule has 0 bridgehead atoms. The largest absolute Gasteiger partial charge is 0.497 e. The maximum atomic E-state index is 12.7. The van der Waals surface area contributed by atoms with Gasteiger partial charge in [0.05, 0.1) is 7.11 Å². The second-order valence-electron chi connectivity index (χ2n) is 6.76. The van der Waals surface area contributed by atoms with E-state index in [-0.39, 0.29) is 11.8 Å². The van der Waals surface area contributed by atoms with E-state index in [2.05, 4.69) is 26.1 Å². The molecule has 0 unspecified atom stereocenters. The minimum Gasteiger partial charge on any atom is -0.497 e. The molecule has 0 radical (unpaired) electrons. The second kappa shape index (κ2) is 8.14. The third kappa shape index (κ3) is 3.94. The fourth-order valence-corrected chi connectivity index (χ4v) is 3.79. The number of carbonyl (C=O) groups is 1. The highest BCUT2D eigenvalue weighted by Gasteiger charge is 2.28. The molecule has 0 saturated carbocycles. The van der Waals surface area contributed by atoms with E-state index in [1.54, 1.807) is 7.11 Å². The molecule has 2 aromatic carbocycles. The van der Waals surface area contributed by atoms with Gasteiger partial charge in [-0.3, -0.25) is 4.79 Å². The second-order valence-corrected chi connectivity index (χ2v) is 7.68. The molecular weight excluding hydrogens is 422 g/mol. The maximum Gasteiger partial charge on any atom is 0.253 e. The lowest BCUT2D eigenvalue weighted by Gasteiger charge is -2.30. The standard InChI is InChI=1S/C21H20BrN3O3/c1-27-18-7-5-14(6-8-18)19-23-20(28-24-19)15-9-11-25(12-10-15)21(26)16-3-2-4-17(22)13-16/h2-8,13,15H,9-12H2,1H3. The summed E-state index contributed by atoms with van der Waals surface area (Å²) in [5.74, 6) is 2.23. The van der Waals surface area contributed by atoms with Crippen molar-refractivity contribution in [3.8, 4) is 17.1 Å². The van der Waals surface area contributed by atoms with Gasteiger partial charge in [-0.25, -0.2) is 0 Å². The summed E-state index contributed by atoms with van der Waals surface area (Å²) in [4.78, 5) is 19.1. The van der Waals surface area contributed by atoms with Gasteiger partial charge in [0.25, 0.3) is 5.91 Å². The van der Waals surface area contributed by atoms with E-state index < -0.39 is 0 Å². The average Bonchev–Trinajstić information content (AvgIpc) is 3.24. The Bertz CT molecular complexity index is 963. The molecule has 1 fully saturated rings. The van der Waals surface area contributed by atoms with Crippen molar-refractivity contribution in [2.45, 2.75) is 18.8 Å². The Labute approximate surface area is 171 Å². The molecule has 1 aliphatic heterocycles. The molecule has 0 atom stereocenters. The fourth-order valence-electron chi connectivity index (χ4n) is 3.39. The van der Waals surface area contributed by atoms with Crippen molar-refractivity contribution < 1.29 is 14.1 Å². The molecule has 7 heteroatoms. The van der Waals surface area contributed by atoms with Gasteiger partial charge in [0, 0.05) is 34.6 Å². The Kier molecular flexibility index (Phi) is 5.43. The molecule has 0 N–H and O–H groups in total. The van der Waals surface area contributed by atoms with Crippen molar-refractivity contribution in [1.29, 1.82) is 0 Å². The molecule has 0 spiro atoms. The lowest BCUT2D eigenvalue weighted by molar-refractivity contribution is 0.0704. The highest BCUT2D eigenvalue weighted by Crippen LogP contribution is 2.29. The Morgan fingerprint density at radius 2 is 1.93 bits per heavy atom. The van der Waals surface area contributed by atoms with Crippen LogP contribution >= 0.6 is 15.9 Å². The number of benzene rings is 2. The molecule has 0 aliphatic carbocycles. The molecule has 144 valence electrons. The molecule has 4 rings (SSSR count). The van der Waals surface area contributed by atoms with Crippen molar-refractivity contribution in [3.63, 3.8) is 0 Å². The number of piperidine rings is 1. The van der Waals surface area contributed by atoms with E-state index >= 15 is 0 Å². The summed E-state index contributed by atoms with van der Waals surface area (Å²) in [5, 5.41) is 4.12. The molecule has 1 aliphatic rings. The number of nitrogens with zero attached hydrogens (tertiary/aromatic N) is 3. The summed E-state index contributed by atoms with van der Waals surface area (Å²) in [6, 6.07) is 15.1. The van der Waals surface area contributed by atoms with Crippen molar-refractivity contribution in [1.82, 2.24) is 15.0 Å². The van der Waals surface area contributed by atoms with Crippen LogP contribution in [0.3, 0.4) is 0 Å². The number of rotatable bonds is 4. The van der Waals surface area contributed by atoms with Crippen LogP contribution in [0.2, 0.25) is 0 Å². The first-order valence-electron chi connectivity index (χ1n) is 9.17.